The number of likely N-dealkylation sites (N-methyl/N-ethyl adjacent to an activating group) is 1. The Hall–Kier alpha value is -1.55. The van der Waals surface area contributed by atoms with Crippen LogP contribution in [0.5, 0.6) is 5.75 Å². The number of nitrogens with zero attached hydrogens (tertiary/aromatic N) is 1. The maximum Gasteiger partial charge on any atom is 0.279 e. The number of hydrogen-bond acceptors (Lipinski definition) is 2. The average molecular weight is 251 g/mol. The highest BCUT2D eigenvalue weighted by Gasteiger charge is 2.24. The molecule has 0 heterocycles. The van der Waals surface area contributed by atoms with Crippen LogP contribution in [-0.2, 0) is 4.79 Å². The van der Waals surface area contributed by atoms with Crippen molar-refractivity contribution in [3.8, 4) is 5.75 Å². The number of hydrogen-bond donors (Lipinski definition) is 2. The minimum atomic E-state index is -0.00819. The SMILES string of the molecule is CC[N+](CC)(CC)CC(=O)Nc1cccc(O)c1. The number of quaternary nitrogens is 1. The van der Waals surface area contributed by atoms with Gasteiger partial charge in [-0.05, 0) is 32.9 Å². The van der Waals surface area contributed by atoms with Crippen LogP contribution < -0.4 is 5.32 Å². The molecule has 0 fully saturated rings. The van der Waals surface area contributed by atoms with E-state index in [9.17, 15) is 9.90 Å². The molecule has 0 radical (unpaired) electrons. The van der Waals surface area contributed by atoms with Crippen molar-refractivity contribution >= 4 is 11.6 Å². The summed E-state index contributed by atoms with van der Waals surface area (Å²) < 4.78 is 0.782. The first-order valence-electron chi connectivity index (χ1n) is 6.49. The fourth-order valence-electron chi connectivity index (χ4n) is 2.10. The summed E-state index contributed by atoms with van der Waals surface area (Å²) in [5.41, 5.74) is 0.640. The van der Waals surface area contributed by atoms with Crippen molar-refractivity contribution in [1.29, 1.82) is 0 Å². The van der Waals surface area contributed by atoms with E-state index in [0.717, 1.165) is 24.1 Å². The van der Waals surface area contributed by atoms with E-state index in [4.69, 9.17) is 0 Å². The van der Waals surface area contributed by atoms with Crippen LogP contribution in [0.15, 0.2) is 24.3 Å². The quantitative estimate of drug-likeness (QED) is 0.762. The van der Waals surface area contributed by atoms with Gasteiger partial charge in [0.25, 0.3) is 5.91 Å². The topological polar surface area (TPSA) is 49.3 Å². The Bertz CT molecular complexity index is 392. The molecule has 1 aromatic carbocycles. The lowest BCUT2D eigenvalue weighted by Gasteiger charge is -2.34. The smallest absolute Gasteiger partial charge is 0.279 e. The maximum absolute atomic E-state index is 12.0. The monoisotopic (exact) mass is 251 g/mol. The van der Waals surface area contributed by atoms with Gasteiger partial charge >= 0.3 is 0 Å². The Labute approximate surface area is 109 Å². The van der Waals surface area contributed by atoms with Crippen LogP contribution in [0.3, 0.4) is 0 Å². The van der Waals surface area contributed by atoms with Gasteiger partial charge in [0.05, 0.1) is 19.6 Å². The molecule has 0 atom stereocenters. The number of phenols is 1. The van der Waals surface area contributed by atoms with Crippen LogP contribution in [0.25, 0.3) is 0 Å². The predicted octanol–water partition coefficient (Wildman–Crippen LogP) is 2.21. The molecule has 0 aliphatic rings. The molecule has 0 unspecified atom stereocenters. The lowest BCUT2D eigenvalue weighted by molar-refractivity contribution is -0.915. The van der Waals surface area contributed by atoms with Crippen molar-refractivity contribution in [2.24, 2.45) is 0 Å². The molecule has 1 aromatic rings. The number of rotatable bonds is 6. The van der Waals surface area contributed by atoms with Gasteiger partial charge in [-0.3, -0.25) is 4.79 Å². The van der Waals surface area contributed by atoms with Crippen LogP contribution in [-0.4, -0.2) is 41.7 Å². The zero-order chi connectivity index (χ0) is 13.6. The number of phenolic OH excluding ortho intramolecular Hbond substituents is 1. The van der Waals surface area contributed by atoms with E-state index >= 15 is 0 Å². The van der Waals surface area contributed by atoms with Crippen LogP contribution in [0.2, 0.25) is 0 Å². The molecule has 0 saturated carbocycles. The molecular weight excluding hydrogens is 228 g/mol. The first-order valence-corrected chi connectivity index (χ1v) is 6.49. The number of aromatic hydroxyl groups is 1. The average Bonchev–Trinajstić information content (AvgIpc) is 2.36. The summed E-state index contributed by atoms with van der Waals surface area (Å²) in [6, 6.07) is 6.62. The van der Waals surface area contributed by atoms with Crippen molar-refractivity contribution < 1.29 is 14.4 Å². The van der Waals surface area contributed by atoms with Gasteiger partial charge in [0.15, 0.2) is 6.54 Å². The predicted molar refractivity (Wildman–Crippen MR) is 73.5 cm³/mol. The number of benzene rings is 1. The molecule has 1 amide bonds. The zero-order valence-electron chi connectivity index (χ0n) is 11.4. The summed E-state index contributed by atoms with van der Waals surface area (Å²) in [6.07, 6.45) is 0. The molecule has 100 valence electrons. The number of carbonyl (C=O) groups is 1. The summed E-state index contributed by atoms with van der Waals surface area (Å²) in [6.45, 7) is 9.62. The van der Waals surface area contributed by atoms with Crippen LogP contribution >= 0.6 is 0 Å². The molecule has 1 rings (SSSR count). The maximum atomic E-state index is 12.0. The summed E-state index contributed by atoms with van der Waals surface area (Å²) >= 11 is 0. The van der Waals surface area contributed by atoms with Gasteiger partial charge in [0.2, 0.25) is 0 Å². The highest BCUT2D eigenvalue weighted by Crippen LogP contribution is 2.15. The Balaban J connectivity index is 2.66. The summed E-state index contributed by atoms with van der Waals surface area (Å²) in [7, 11) is 0. The summed E-state index contributed by atoms with van der Waals surface area (Å²) in [4.78, 5) is 12.0. The van der Waals surface area contributed by atoms with Crippen molar-refractivity contribution in [1.82, 2.24) is 0 Å². The zero-order valence-corrected chi connectivity index (χ0v) is 11.4. The number of carbonyl (C=O) groups excluding carboxylic acids is 1. The summed E-state index contributed by atoms with van der Waals surface area (Å²) in [5, 5.41) is 12.2. The molecule has 0 saturated heterocycles. The van der Waals surface area contributed by atoms with Crippen LogP contribution in [0.4, 0.5) is 5.69 Å². The Morgan fingerprint density at radius 1 is 1.22 bits per heavy atom. The second kappa shape index (κ2) is 6.40. The normalized spacial score (nSPS) is 11.3. The molecule has 0 aliphatic carbocycles. The van der Waals surface area contributed by atoms with E-state index < -0.39 is 0 Å². The van der Waals surface area contributed by atoms with Gasteiger partial charge in [0, 0.05) is 11.8 Å². The number of anilines is 1. The van der Waals surface area contributed by atoms with Crippen molar-refractivity contribution in [2.75, 3.05) is 31.5 Å². The molecule has 4 nitrogen and oxygen atoms in total. The van der Waals surface area contributed by atoms with Crippen molar-refractivity contribution in [3.05, 3.63) is 24.3 Å². The van der Waals surface area contributed by atoms with Crippen molar-refractivity contribution in [3.63, 3.8) is 0 Å². The second-order valence-corrected chi connectivity index (χ2v) is 4.55. The van der Waals surface area contributed by atoms with E-state index in [1.807, 2.05) is 0 Å². The number of amides is 1. The third-order valence-corrected chi connectivity index (χ3v) is 3.62. The molecule has 4 heteroatoms. The Morgan fingerprint density at radius 2 is 1.83 bits per heavy atom. The van der Waals surface area contributed by atoms with Gasteiger partial charge in [-0.25, -0.2) is 0 Å². The third-order valence-electron chi connectivity index (χ3n) is 3.62. The van der Waals surface area contributed by atoms with E-state index in [-0.39, 0.29) is 11.7 Å². The van der Waals surface area contributed by atoms with E-state index in [1.54, 1.807) is 24.3 Å². The minimum absolute atomic E-state index is 0.00819. The largest absolute Gasteiger partial charge is 0.508 e. The van der Waals surface area contributed by atoms with E-state index in [0.29, 0.717) is 12.2 Å². The molecule has 0 bridgehead atoms. The first-order chi connectivity index (χ1) is 8.55. The van der Waals surface area contributed by atoms with Gasteiger partial charge in [-0.1, -0.05) is 6.07 Å². The minimum Gasteiger partial charge on any atom is -0.508 e. The van der Waals surface area contributed by atoms with Crippen molar-refractivity contribution in [2.45, 2.75) is 20.8 Å². The van der Waals surface area contributed by atoms with Gasteiger partial charge in [-0.2, -0.15) is 0 Å². The highest BCUT2D eigenvalue weighted by molar-refractivity contribution is 5.91. The van der Waals surface area contributed by atoms with Gasteiger partial charge < -0.3 is 14.9 Å². The lowest BCUT2D eigenvalue weighted by atomic mass is 10.3. The molecular formula is C14H23N2O2+. The van der Waals surface area contributed by atoms with Crippen LogP contribution in [0.1, 0.15) is 20.8 Å². The third kappa shape index (κ3) is 3.74. The highest BCUT2D eigenvalue weighted by atomic mass is 16.3. The Kier molecular flexibility index (Phi) is 5.16. The van der Waals surface area contributed by atoms with E-state index in [1.165, 1.54) is 0 Å². The molecule has 18 heavy (non-hydrogen) atoms. The molecule has 0 aromatic heterocycles. The van der Waals surface area contributed by atoms with Gasteiger partial charge in [-0.15, -0.1) is 0 Å². The summed E-state index contributed by atoms with van der Waals surface area (Å²) in [5.74, 6) is 0.154. The Morgan fingerprint density at radius 3 is 2.33 bits per heavy atom. The fourth-order valence-corrected chi connectivity index (χ4v) is 2.10. The molecule has 0 aliphatic heterocycles. The van der Waals surface area contributed by atoms with Gasteiger partial charge in [0.1, 0.15) is 5.75 Å². The molecule has 2 N–H and O–H groups in total. The van der Waals surface area contributed by atoms with E-state index in [2.05, 4.69) is 26.1 Å². The standard InChI is InChI=1S/C14H22N2O2/c1-4-16(5-2,6-3)11-14(18)15-12-8-7-9-13(17)10-12/h7-10H,4-6,11H2,1-3H3,(H-,15,17,18)/p+1. The second-order valence-electron chi connectivity index (χ2n) is 4.55. The first kappa shape index (κ1) is 14.5. The molecule has 0 spiro atoms. The number of nitrogens with one attached hydrogen (secondary N) is 1. The van der Waals surface area contributed by atoms with Crippen LogP contribution in [0, 0.1) is 0 Å². The lowest BCUT2D eigenvalue weighted by Crippen LogP contribution is -2.51. The fraction of sp³-hybridized carbons (Fsp3) is 0.500.